The highest BCUT2D eigenvalue weighted by molar-refractivity contribution is 7.92. The Hall–Kier alpha value is -3.28. The minimum atomic E-state index is -4.82. The maximum absolute atomic E-state index is 13.9. The first-order chi connectivity index (χ1) is 19.4. The molecule has 0 aromatic heterocycles. The van der Waals surface area contributed by atoms with Gasteiger partial charge in [0.15, 0.2) is 0 Å². The largest absolute Gasteiger partial charge is 0.416 e. The zero-order chi connectivity index (χ0) is 31.5. The zero-order valence-electron chi connectivity index (χ0n) is 23.2. The van der Waals surface area contributed by atoms with Crippen LogP contribution in [0.1, 0.15) is 38.8 Å². The molecule has 0 saturated carbocycles. The molecule has 0 fully saturated rings. The van der Waals surface area contributed by atoms with Crippen LogP contribution < -0.4 is 9.62 Å². The number of benzene rings is 3. The van der Waals surface area contributed by atoms with Crippen molar-refractivity contribution >= 4 is 50.7 Å². The third kappa shape index (κ3) is 8.39. The molecule has 0 saturated heterocycles. The van der Waals surface area contributed by atoms with Crippen molar-refractivity contribution in [3.63, 3.8) is 0 Å². The molecule has 7 nitrogen and oxygen atoms in total. The van der Waals surface area contributed by atoms with Gasteiger partial charge in [-0.1, -0.05) is 53.5 Å². The van der Waals surface area contributed by atoms with Gasteiger partial charge in [0.2, 0.25) is 11.8 Å². The van der Waals surface area contributed by atoms with E-state index in [2.05, 4.69) is 5.32 Å². The number of rotatable bonds is 9. The van der Waals surface area contributed by atoms with Gasteiger partial charge >= 0.3 is 6.18 Å². The summed E-state index contributed by atoms with van der Waals surface area (Å²) in [5.74, 6) is -1.38. The topological polar surface area (TPSA) is 86.8 Å². The minimum Gasteiger partial charge on any atom is -0.350 e. The molecule has 2 amide bonds. The second-order valence-corrected chi connectivity index (χ2v) is 13.3. The summed E-state index contributed by atoms with van der Waals surface area (Å²) in [5.41, 5.74) is -1.81. The lowest BCUT2D eigenvalue weighted by Gasteiger charge is -2.33. The summed E-state index contributed by atoms with van der Waals surface area (Å²) in [6.45, 7) is 5.64. The summed E-state index contributed by atoms with van der Waals surface area (Å²) in [7, 11) is -4.61. The number of carbonyl (C=O) groups excluding carboxylic acids is 2. The van der Waals surface area contributed by atoms with Crippen molar-refractivity contribution in [2.24, 2.45) is 0 Å². The Balaban J connectivity index is 2.14. The Labute approximate surface area is 253 Å². The first kappa shape index (κ1) is 33.2. The number of hydrogen-bond donors (Lipinski definition) is 1. The molecule has 0 heterocycles. The molecule has 13 heteroatoms. The number of amides is 2. The predicted octanol–water partition coefficient (Wildman–Crippen LogP) is 6.54. The number of anilines is 1. The van der Waals surface area contributed by atoms with Crippen LogP contribution in [0.15, 0.2) is 77.7 Å². The molecular weight excluding hydrogens is 614 g/mol. The average molecular weight is 645 g/mol. The van der Waals surface area contributed by atoms with E-state index in [9.17, 15) is 31.2 Å². The van der Waals surface area contributed by atoms with Crippen molar-refractivity contribution in [3.8, 4) is 0 Å². The van der Waals surface area contributed by atoms with Gasteiger partial charge < -0.3 is 10.2 Å². The van der Waals surface area contributed by atoms with Gasteiger partial charge in [0.25, 0.3) is 10.0 Å². The van der Waals surface area contributed by atoms with E-state index in [1.807, 2.05) is 0 Å². The SMILES string of the molecule is CC(C(=O)NC(C)(C)C)N(Cc1cccc(Cl)c1)C(=O)CN(c1cc(C(F)(F)F)ccc1Cl)S(=O)(=O)c1ccccc1. The molecule has 0 radical (unpaired) electrons. The number of halogens is 5. The van der Waals surface area contributed by atoms with Crippen molar-refractivity contribution in [2.75, 3.05) is 10.8 Å². The summed E-state index contributed by atoms with van der Waals surface area (Å²) < 4.78 is 69.1. The van der Waals surface area contributed by atoms with Crippen molar-refractivity contribution in [2.45, 2.75) is 56.9 Å². The third-order valence-electron chi connectivity index (χ3n) is 6.06. The molecule has 3 rings (SSSR count). The fraction of sp³-hybridized carbons (Fsp3) is 0.310. The summed E-state index contributed by atoms with van der Waals surface area (Å²) in [4.78, 5) is 27.9. The highest BCUT2D eigenvalue weighted by Crippen LogP contribution is 2.37. The van der Waals surface area contributed by atoms with Crippen LogP contribution in [-0.2, 0) is 32.3 Å². The van der Waals surface area contributed by atoms with Crippen LogP contribution in [0.25, 0.3) is 0 Å². The summed E-state index contributed by atoms with van der Waals surface area (Å²) >= 11 is 12.4. The van der Waals surface area contributed by atoms with Crippen LogP contribution in [-0.4, -0.2) is 43.3 Å². The van der Waals surface area contributed by atoms with E-state index in [1.54, 1.807) is 51.1 Å². The Kier molecular flexibility index (Phi) is 10.2. The second kappa shape index (κ2) is 12.9. The molecule has 226 valence electrons. The van der Waals surface area contributed by atoms with Crippen molar-refractivity contribution in [1.29, 1.82) is 0 Å². The molecule has 1 N–H and O–H groups in total. The number of nitrogens with zero attached hydrogens (tertiary/aromatic N) is 2. The number of hydrogen-bond acceptors (Lipinski definition) is 4. The van der Waals surface area contributed by atoms with E-state index in [4.69, 9.17) is 23.2 Å². The Morgan fingerprint density at radius 2 is 1.57 bits per heavy atom. The summed E-state index contributed by atoms with van der Waals surface area (Å²) in [6, 6.07) is 14.6. The van der Waals surface area contributed by atoms with Crippen molar-refractivity contribution in [3.05, 3.63) is 94.0 Å². The average Bonchev–Trinajstić information content (AvgIpc) is 2.89. The minimum absolute atomic E-state index is 0.145. The van der Waals surface area contributed by atoms with Gasteiger partial charge in [-0.15, -0.1) is 0 Å². The lowest BCUT2D eigenvalue weighted by Crippen LogP contribution is -2.54. The van der Waals surface area contributed by atoms with E-state index in [1.165, 1.54) is 31.2 Å². The van der Waals surface area contributed by atoms with E-state index >= 15 is 0 Å². The van der Waals surface area contributed by atoms with Crippen LogP contribution in [0.3, 0.4) is 0 Å². The Morgan fingerprint density at radius 3 is 2.14 bits per heavy atom. The third-order valence-corrected chi connectivity index (χ3v) is 8.39. The fourth-order valence-corrected chi connectivity index (χ4v) is 5.93. The molecule has 0 bridgehead atoms. The molecule has 3 aromatic rings. The standard InChI is InChI=1S/C29H30Cl2F3N3O4S/c1-19(27(39)35-28(2,3)4)36(17-20-9-8-10-22(30)15-20)26(38)18-37(42(40,41)23-11-6-5-7-12-23)25-16-21(29(32,33)34)13-14-24(25)31/h5-16,19H,17-18H2,1-4H3,(H,35,39). The molecular formula is C29H30Cl2F3N3O4S. The van der Waals surface area contributed by atoms with Crippen LogP contribution in [0.2, 0.25) is 10.0 Å². The van der Waals surface area contributed by atoms with Gasteiger partial charge in [-0.05, 0) is 75.7 Å². The Bertz CT molecular complexity index is 1550. The van der Waals surface area contributed by atoms with Crippen LogP contribution >= 0.6 is 23.2 Å². The van der Waals surface area contributed by atoms with Crippen LogP contribution in [0, 0.1) is 0 Å². The highest BCUT2D eigenvalue weighted by atomic mass is 35.5. The lowest BCUT2D eigenvalue weighted by molar-refractivity contribution is -0.140. The first-order valence-electron chi connectivity index (χ1n) is 12.7. The highest BCUT2D eigenvalue weighted by Gasteiger charge is 2.36. The maximum atomic E-state index is 13.9. The second-order valence-electron chi connectivity index (χ2n) is 10.6. The molecule has 0 spiro atoms. The monoisotopic (exact) mass is 643 g/mol. The molecule has 1 unspecified atom stereocenters. The summed E-state index contributed by atoms with van der Waals surface area (Å²) in [5, 5.41) is 2.84. The number of carbonyl (C=O) groups is 2. The molecule has 0 aliphatic carbocycles. The molecule has 3 aromatic carbocycles. The van der Waals surface area contributed by atoms with Gasteiger partial charge in [0, 0.05) is 17.1 Å². The number of sulfonamides is 1. The Morgan fingerprint density at radius 1 is 0.929 bits per heavy atom. The van der Waals surface area contributed by atoms with Crippen LogP contribution in [0.4, 0.5) is 18.9 Å². The van der Waals surface area contributed by atoms with Gasteiger partial charge in [-0.2, -0.15) is 13.2 Å². The lowest BCUT2D eigenvalue weighted by atomic mass is 10.1. The molecule has 0 aliphatic heterocycles. The normalized spacial score (nSPS) is 12.9. The van der Waals surface area contributed by atoms with Gasteiger partial charge in [-0.25, -0.2) is 8.42 Å². The predicted molar refractivity (Wildman–Crippen MR) is 157 cm³/mol. The van der Waals surface area contributed by atoms with Crippen LogP contribution in [0.5, 0.6) is 0 Å². The molecule has 1 atom stereocenters. The van der Waals surface area contributed by atoms with Gasteiger partial charge in [0.1, 0.15) is 12.6 Å². The van der Waals surface area contributed by atoms with Gasteiger partial charge in [-0.3, -0.25) is 13.9 Å². The maximum Gasteiger partial charge on any atom is 0.416 e. The van der Waals surface area contributed by atoms with E-state index in [-0.39, 0.29) is 16.5 Å². The van der Waals surface area contributed by atoms with E-state index < -0.39 is 57.4 Å². The summed E-state index contributed by atoms with van der Waals surface area (Å²) in [6.07, 6.45) is -4.82. The number of nitrogens with one attached hydrogen (secondary N) is 1. The first-order valence-corrected chi connectivity index (χ1v) is 14.9. The van der Waals surface area contributed by atoms with E-state index in [0.717, 1.165) is 11.0 Å². The fourth-order valence-electron chi connectivity index (χ4n) is 4.00. The van der Waals surface area contributed by atoms with E-state index in [0.29, 0.717) is 27.0 Å². The quantitative estimate of drug-likeness (QED) is 0.287. The zero-order valence-corrected chi connectivity index (χ0v) is 25.6. The molecule has 0 aliphatic rings. The number of alkyl halides is 3. The smallest absolute Gasteiger partial charge is 0.350 e. The molecule has 42 heavy (non-hydrogen) atoms. The van der Waals surface area contributed by atoms with Crippen molar-refractivity contribution in [1.82, 2.24) is 10.2 Å². The van der Waals surface area contributed by atoms with Gasteiger partial charge in [0.05, 0.1) is 21.2 Å². The van der Waals surface area contributed by atoms with Crippen molar-refractivity contribution < 1.29 is 31.2 Å².